The molecule has 0 fully saturated rings. The molecule has 0 unspecified atom stereocenters. The summed E-state index contributed by atoms with van der Waals surface area (Å²) < 4.78 is 0. The summed E-state index contributed by atoms with van der Waals surface area (Å²) in [4.78, 5) is 29.1. The van der Waals surface area contributed by atoms with E-state index < -0.39 is 18.4 Å². The molecular formula is C13H11ClN2O3S. The predicted molar refractivity (Wildman–Crippen MR) is 77.6 cm³/mol. The Kier molecular flexibility index (Phi) is 4.36. The number of aromatic nitrogens is 1. The fraction of sp³-hybridized carbons (Fsp3) is 0.154. The van der Waals surface area contributed by atoms with Gasteiger partial charge in [0.2, 0.25) is 0 Å². The van der Waals surface area contributed by atoms with E-state index in [-0.39, 0.29) is 0 Å². The molecule has 0 aliphatic carbocycles. The molecule has 1 aromatic heterocycles. The van der Waals surface area contributed by atoms with Gasteiger partial charge >= 0.3 is 5.97 Å². The lowest BCUT2D eigenvalue weighted by Crippen LogP contribution is -2.35. The molecule has 0 saturated heterocycles. The zero-order valence-corrected chi connectivity index (χ0v) is 12.1. The smallest absolute Gasteiger partial charge is 0.323 e. The number of hydrogen-bond acceptors (Lipinski definition) is 4. The summed E-state index contributed by atoms with van der Waals surface area (Å²) in [5, 5.41) is 9.43. The second-order valence-electron chi connectivity index (χ2n) is 4.03. The number of carboxylic acid groups (broad SMARTS) is 1. The Morgan fingerprint density at radius 2 is 2.20 bits per heavy atom. The first-order chi connectivity index (χ1) is 9.49. The number of anilines is 1. The molecular weight excluding hydrogens is 300 g/mol. The highest BCUT2D eigenvalue weighted by Gasteiger charge is 2.23. The minimum Gasteiger partial charge on any atom is -0.480 e. The molecule has 0 saturated carbocycles. The van der Waals surface area contributed by atoms with Crippen LogP contribution in [0.2, 0.25) is 5.02 Å². The van der Waals surface area contributed by atoms with Crippen LogP contribution in [0, 0.1) is 6.92 Å². The molecule has 1 amide bonds. The lowest BCUT2D eigenvalue weighted by Gasteiger charge is -2.20. The number of nitrogens with zero attached hydrogens (tertiary/aromatic N) is 2. The second-order valence-corrected chi connectivity index (χ2v) is 5.32. The van der Waals surface area contributed by atoms with E-state index in [4.69, 9.17) is 16.7 Å². The topological polar surface area (TPSA) is 70.5 Å². The van der Waals surface area contributed by atoms with Crippen LogP contribution >= 0.6 is 22.9 Å². The Labute approximate surface area is 124 Å². The van der Waals surface area contributed by atoms with E-state index in [0.29, 0.717) is 21.3 Å². The van der Waals surface area contributed by atoms with Crippen LogP contribution in [0.4, 0.5) is 5.69 Å². The van der Waals surface area contributed by atoms with E-state index in [1.165, 1.54) is 16.2 Å². The van der Waals surface area contributed by atoms with Crippen molar-refractivity contribution in [2.24, 2.45) is 0 Å². The van der Waals surface area contributed by atoms with Crippen molar-refractivity contribution < 1.29 is 14.7 Å². The first kappa shape index (κ1) is 14.5. The number of carbonyl (C=O) groups excluding carboxylic acids is 1. The van der Waals surface area contributed by atoms with Crippen molar-refractivity contribution >= 4 is 40.5 Å². The van der Waals surface area contributed by atoms with Crippen molar-refractivity contribution in [2.45, 2.75) is 6.92 Å². The summed E-state index contributed by atoms with van der Waals surface area (Å²) >= 11 is 7.07. The number of carboxylic acids is 1. The van der Waals surface area contributed by atoms with Crippen LogP contribution in [0.1, 0.15) is 15.4 Å². The number of carbonyl (C=O) groups is 2. The number of halogens is 1. The van der Waals surface area contributed by atoms with E-state index in [1.807, 2.05) is 0 Å². The van der Waals surface area contributed by atoms with Gasteiger partial charge in [0.25, 0.3) is 5.91 Å². The third-order valence-electron chi connectivity index (χ3n) is 2.60. The van der Waals surface area contributed by atoms with Crippen LogP contribution in [0.25, 0.3) is 0 Å². The normalized spacial score (nSPS) is 10.3. The number of aryl methyl sites for hydroxylation is 1. The van der Waals surface area contributed by atoms with Gasteiger partial charge in [-0.25, -0.2) is 4.98 Å². The summed E-state index contributed by atoms with van der Waals surface area (Å²) in [5.41, 5.74) is 2.58. The molecule has 5 nitrogen and oxygen atoms in total. The Bertz CT molecular complexity index is 657. The average molecular weight is 311 g/mol. The van der Waals surface area contributed by atoms with Gasteiger partial charge in [0.15, 0.2) is 0 Å². The van der Waals surface area contributed by atoms with Gasteiger partial charge in [-0.3, -0.25) is 14.5 Å². The van der Waals surface area contributed by atoms with Crippen molar-refractivity contribution in [1.29, 1.82) is 0 Å². The number of thiazole rings is 1. The van der Waals surface area contributed by atoms with Gasteiger partial charge in [-0.05, 0) is 25.1 Å². The Hall–Kier alpha value is -1.92. The fourth-order valence-corrected chi connectivity index (χ4v) is 2.62. The fourth-order valence-electron chi connectivity index (χ4n) is 1.69. The van der Waals surface area contributed by atoms with Crippen LogP contribution in [0.3, 0.4) is 0 Å². The lowest BCUT2D eigenvalue weighted by molar-refractivity contribution is -0.135. The maximum atomic E-state index is 12.5. The number of hydrogen-bond donors (Lipinski definition) is 1. The highest BCUT2D eigenvalue weighted by molar-refractivity contribution is 7.12. The largest absolute Gasteiger partial charge is 0.480 e. The number of rotatable bonds is 4. The first-order valence-corrected chi connectivity index (χ1v) is 6.94. The minimum absolute atomic E-state index is 0.394. The van der Waals surface area contributed by atoms with Gasteiger partial charge in [0.1, 0.15) is 11.4 Å². The molecule has 104 valence electrons. The standard InChI is InChI=1S/C13H11ClN2O3S/c1-8-12(20-7-15-8)13(19)16(6-11(17)18)10-4-2-3-9(14)5-10/h2-5,7H,6H2,1H3,(H,17,18). The highest BCUT2D eigenvalue weighted by atomic mass is 35.5. The molecule has 0 aliphatic heterocycles. The molecule has 2 rings (SSSR count). The van der Waals surface area contributed by atoms with Crippen LogP contribution in [-0.2, 0) is 4.79 Å². The summed E-state index contributed by atoms with van der Waals surface area (Å²) in [6.45, 7) is 1.27. The SMILES string of the molecule is Cc1ncsc1C(=O)N(CC(=O)O)c1cccc(Cl)c1. The van der Waals surface area contributed by atoms with Crippen molar-refractivity contribution in [3.8, 4) is 0 Å². The third-order valence-corrected chi connectivity index (χ3v) is 3.75. The summed E-state index contributed by atoms with van der Waals surface area (Å²) in [5.74, 6) is -1.49. The molecule has 2 aromatic rings. The summed E-state index contributed by atoms with van der Waals surface area (Å²) in [6, 6.07) is 6.52. The maximum Gasteiger partial charge on any atom is 0.323 e. The number of amides is 1. The van der Waals surface area contributed by atoms with Gasteiger partial charge < -0.3 is 5.11 Å². The maximum absolute atomic E-state index is 12.5. The Morgan fingerprint density at radius 1 is 1.45 bits per heavy atom. The molecule has 0 radical (unpaired) electrons. The average Bonchev–Trinajstić information content (AvgIpc) is 2.81. The van der Waals surface area contributed by atoms with Crippen molar-refractivity contribution in [1.82, 2.24) is 4.98 Å². The molecule has 0 atom stereocenters. The van der Waals surface area contributed by atoms with Crippen LogP contribution in [0.5, 0.6) is 0 Å². The lowest BCUT2D eigenvalue weighted by atomic mass is 10.2. The monoisotopic (exact) mass is 310 g/mol. The Morgan fingerprint density at radius 3 is 2.75 bits per heavy atom. The zero-order valence-electron chi connectivity index (χ0n) is 10.5. The molecule has 0 spiro atoms. The number of aliphatic carboxylic acids is 1. The van der Waals surface area contributed by atoms with Crippen LogP contribution in [0.15, 0.2) is 29.8 Å². The molecule has 1 heterocycles. The van der Waals surface area contributed by atoms with E-state index in [1.54, 1.807) is 36.7 Å². The molecule has 1 aromatic carbocycles. The van der Waals surface area contributed by atoms with Crippen LogP contribution in [-0.4, -0.2) is 28.5 Å². The second kappa shape index (κ2) is 6.02. The van der Waals surface area contributed by atoms with Crippen LogP contribution < -0.4 is 4.90 Å². The van der Waals surface area contributed by atoms with E-state index in [9.17, 15) is 9.59 Å². The van der Waals surface area contributed by atoms with E-state index in [2.05, 4.69) is 4.98 Å². The quantitative estimate of drug-likeness (QED) is 0.942. The zero-order chi connectivity index (χ0) is 14.7. The van der Waals surface area contributed by atoms with Gasteiger partial charge in [-0.15, -0.1) is 11.3 Å². The Balaban J connectivity index is 2.40. The predicted octanol–water partition coefficient (Wildman–Crippen LogP) is 2.84. The number of benzene rings is 1. The molecule has 20 heavy (non-hydrogen) atoms. The first-order valence-electron chi connectivity index (χ1n) is 5.68. The van der Waals surface area contributed by atoms with E-state index >= 15 is 0 Å². The summed E-state index contributed by atoms with van der Waals surface area (Å²) in [6.07, 6.45) is 0. The molecule has 7 heteroatoms. The molecule has 1 N–H and O–H groups in total. The summed E-state index contributed by atoms with van der Waals surface area (Å²) in [7, 11) is 0. The molecule has 0 aliphatic rings. The van der Waals surface area contributed by atoms with E-state index in [0.717, 1.165) is 0 Å². The van der Waals surface area contributed by atoms with Crippen molar-refractivity contribution in [3.05, 3.63) is 45.4 Å². The minimum atomic E-state index is -1.10. The molecule has 0 bridgehead atoms. The van der Waals surface area contributed by atoms with Crippen molar-refractivity contribution in [3.63, 3.8) is 0 Å². The van der Waals surface area contributed by atoms with Gasteiger partial charge in [0, 0.05) is 10.7 Å². The third kappa shape index (κ3) is 3.15. The van der Waals surface area contributed by atoms with Gasteiger partial charge in [-0.2, -0.15) is 0 Å². The van der Waals surface area contributed by atoms with Crippen molar-refractivity contribution in [2.75, 3.05) is 11.4 Å². The van der Waals surface area contributed by atoms with Gasteiger partial charge in [-0.1, -0.05) is 17.7 Å². The highest BCUT2D eigenvalue weighted by Crippen LogP contribution is 2.23. The van der Waals surface area contributed by atoms with Gasteiger partial charge in [0.05, 0.1) is 11.2 Å².